The number of hydrogen-bond donors (Lipinski definition) is 0. The molecule has 0 unspecified atom stereocenters. The molecule has 0 aromatic rings. The fraction of sp³-hybridized carbons (Fsp3) is 0.906. The number of allylic oxidation sites excluding steroid dienone is 2. The fourth-order valence-corrected chi connectivity index (χ4v) is 10.6. The highest BCUT2D eigenvalue weighted by molar-refractivity contribution is 8.14. The second-order valence-corrected chi connectivity index (χ2v) is 16.0. The number of thioether (sulfide) groups is 1. The first-order valence-corrected chi connectivity index (χ1v) is 16.3. The molecule has 0 bridgehead atoms. The zero-order chi connectivity index (χ0) is 25.5. The van der Waals surface area contributed by atoms with Crippen molar-refractivity contribution in [3.63, 3.8) is 0 Å². The molecule has 3 saturated carbocycles. The molecule has 0 aromatic carbocycles. The minimum absolute atomic E-state index is 0.192. The van der Waals surface area contributed by atoms with Gasteiger partial charge in [0, 0.05) is 5.25 Å². The van der Waals surface area contributed by atoms with Crippen molar-refractivity contribution < 1.29 is 4.79 Å². The molecule has 4 aliphatic carbocycles. The first-order chi connectivity index (χ1) is 16.5. The Labute approximate surface area is 226 Å². The Hall–Kier alpha value is 0.0500. The monoisotopic (exact) mass is 520 g/mol. The Bertz CT molecular complexity index is 788. The maximum atomic E-state index is 12.7. The Morgan fingerprint density at radius 1 is 1.03 bits per heavy atom. The lowest BCUT2D eigenvalue weighted by Crippen LogP contribution is -2.50. The molecule has 4 aliphatic rings. The first kappa shape index (κ1) is 28.1. The molecule has 9 atom stereocenters. The molecule has 1 nitrogen and oxygen atoms in total. The van der Waals surface area contributed by atoms with Gasteiger partial charge in [-0.1, -0.05) is 91.1 Å². The highest BCUT2D eigenvalue weighted by atomic mass is 35.5. The van der Waals surface area contributed by atoms with Gasteiger partial charge in [-0.25, -0.2) is 0 Å². The van der Waals surface area contributed by atoms with E-state index in [0.29, 0.717) is 16.1 Å². The van der Waals surface area contributed by atoms with Crippen LogP contribution in [0, 0.1) is 52.3 Å². The van der Waals surface area contributed by atoms with Crippen LogP contribution in [0.3, 0.4) is 0 Å². The van der Waals surface area contributed by atoms with Crippen LogP contribution in [0.25, 0.3) is 0 Å². The van der Waals surface area contributed by atoms with Gasteiger partial charge in [0.15, 0.2) is 0 Å². The highest BCUT2D eigenvalue weighted by Gasteiger charge is 2.59. The Morgan fingerprint density at radius 3 is 2.46 bits per heavy atom. The van der Waals surface area contributed by atoms with Crippen molar-refractivity contribution in [3.05, 3.63) is 11.6 Å². The van der Waals surface area contributed by atoms with E-state index in [4.69, 9.17) is 11.6 Å². The zero-order valence-corrected chi connectivity index (χ0v) is 25.3. The van der Waals surface area contributed by atoms with E-state index >= 15 is 0 Å². The molecule has 0 N–H and O–H groups in total. The van der Waals surface area contributed by atoms with Crippen LogP contribution in [0.4, 0.5) is 0 Å². The summed E-state index contributed by atoms with van der Waals surface area (Å²) in [6.45, 7) is 16.7. The van der Waals surface area contributed by atoms with E-state index in [1.54, 1.807) is 17.3 Å². The summed E-state index contributed by atoms with van der Waals surface area (Å²) in [6.07, 6.45) is 17.5. The van der Waals surface area contributed by atoms with Gasteiger partial charge in [0.25, 0.3) is 0 Å². The molecule has 0 heterocycles. The molecule has 0 radical (unpaired) electrons. The number of halogens is 1. The average Bonchev–Trinajstić information content (AvgIpc) is 3.15. The quantitative estimate of drug-likeness (QED) is 0.234. The molecule has 35 heavy (non-hydrogen) atoms. The predicted octanol–water partition coefficient (Wildman–Crippen LogP) is 9.92. The van der Waals surface area contributed by atoms with Crippen LogP contribution in [-0.4, -0.2) is 15.7 Å². The van der Waals surface area contributed by atoms with Gasteiger partial charge in [-0.3, -0.25) is 4.79 Å². The standard InChI is InChI=1S/C32H53ClOS/c1-20(2)9-8-10-22(5)26-13-14-27-25-12-11-23-19-24(35-30(34)29(33)21(3)4)15-17-31(23,6)28(25)16-18-32(26,27)7/h11,20-22,24-29H,8-10,12-19H2,1-7H3/t22-,24-,25+,26-,27+,28+,29-,31+,32-/m1/s1. The Morgan fingerprint density at radius 2 is 1.77 bits per heavy atom. The lowest BCUT2D eigenvalue weighted by molar-refractivity contribution is -0.111. The molecular formula is C32H53ClOS. The molecule has 3 heteroatoms. The van der Waals surface area contributed by atoms with E-state index < -0.39 is 0 Å². The number of carbonyl (C=O) groups is 1. The molecule has 0 saturated heterocycles. The topological polar surface area (TPSA) is 17.1 Å². The lowest BCUT2D eigenvalue weighted by Gasteiger charge is -2.58. The smallest absolute Gasteiger partial charge is 0.207 e. The molecule has 0 spiro atoms. The van der Waals surface area contributed by atoms with Crippen LogP contribution in [-0.2, 0) is 4.79 Å². The van der Waals surface area contributed by atoms with Crippen molar-refractivity contribution >= 4 is 28.5 Å². The van der Waals surface area contributed by atoms with Gasteiger partial charge in [0.05, 0.1) is 0 Å². The van der Waals surface area contributed by atoms with E-state index in [1.807, 2.05) is 0 Å². The summed E-state index contributed by atoms with van der Waals surface area (Å²) in [4.78, 5) is 12.7. The molecule has 0 amide bonds. The van der Waals surface area contributed by atoms with Gasteiger partial charge in [0.1, 0.15) is 5.38 Å². The number of rotatable bonds is 8. The van der Waals surface area contributed by atoms with Gasteiger partial charge >= 0.3 is 0 Å². The van der Waals surface area contributed by atoms with E-state index in [0.717, 1.165) is 41.9 Å². The van der Waals surface area contributed by atoms with E-state index in [1.165, 1.54) is 64.2 Å². The number of hydrogen-bond acceptors (Lipinski definition) is 2. The van der Waals surface area contributed by atoms with Crippen molar-refractivity contribution in [3.8, 4) is 0 Å². The van der Waals surface area contributed by atoms with Crippen LogP contribution in [0.2, 0.25) is 0 Å². The molecule has 4 rings (SSSR count). The summed E-state index contributed by atoms with van der Waals surface area (Å²) in [5.74, 6) is 5.53. The van der Waals surface area contributed by atoms with Gasteiger partial charge in [0.2, 0.25) is 5.12 Å². The van der Waals surface area contributed by atoms with Gasteiger partial charge < -0.3 is 0 Å². The van der Waals surface area contributed by atoms with Crippen molar-refractivity contribution in [1.82, 2.24) is 0 Å². The van der Waals surface area contributed by atoms with Crippen molar-refractivity contribution in [2.24, 2.45) is 52.3 Å². The van der Waals surface area contributed by atoms with Crippen LogP contribution in [0.5, 0.6) is 0 Å². The number of fused-ring (bicyclic) bond motifs is 5. The molecule has 0 aliphatic heterocycles. The fourth-order valence-electron chi connectivity index (χ4n) is 9.25. The maximum absolute atomic E-state index is 12.7. The van der Waals surface area contributed by atoms with Gasteiger partial charge in [-0.15, -0.1) is 11.6 Å². The van der Waals surface area contributed by atoms with Gasteiger partial charge in [-0.2, -0.15) is 0 Å². The molecule has 200 valence electrons. The van der Waals surface area contributed by atoms with Crippen LogP contribution < -0.4 is 0 Å². The van der Waals surface area contributed by atoms with E-state index in [2.05, 4.69) is 54.5 Å². The SMILES string of the molecule is CC(C)CCC[C@@H](C)[C@H]1CC[C@H]2[C@@H]3CC=C4C[C@H](SC(=O)[C@H](Cl)C(C)C)CC[C@]4(C)[C@H]3CC[C@]12C. The molecule has 3 fully saturated rings. The van der Waals surface area contributed by atoms with E-state index in [9.17, 15) is 4.79 Å². The van der Waals surface area contributed by atoms with Gasteiger partial charge in [-0.05, 0) is 104 Å². The van der Waals surface area contributed by atoms with Crippen molar-refractivity contribution in [2.45, 2.75) is 130 Å². The Balaban J connectivity index is 1.43. The second kappa shape index (κ2) is 11.0. The van der Waals surface area contributed by atoms with Crippen LogP contribution >= 0.6 is 23.4 Å². The number of carbonyl (C=O) groups excluding carboxylic acids is 1. The van der Waals surface area contributed by atoms with Crippen molar-refractivity contribution in [1.29, 1.82) is 0 Å². The average molecular weight is 521 g/mol. The molecule has 0 aromatic heterocycles. The third-order valence-corrected chi connectivity index (χ3v) is 13.4. The normalized spacial score (nSPS) is 40.6. The number of alkyl halides is 1. The second-order valence-electron chi connectivity index (χ2n) is 14.2. The highest BCUT2D eigenvalue weighted by Crippen LogP contribution is 2.67. The predicted molar refractivity (Wildman–Crippen MR) is 154 cm³/mol. The summed E-state index contributed by atoms with van der Waals surface area (Å²) < 4.78 is 0. The van der Waals surface area contributed by atoms with Crippen molar-refractivity contribution in [2.75, 3.05) is 0 Å². The van der Waals surface area contributed by atoms with Crippen LogP contribution in [0.1, 0.15) is 119 Å². The first-order valence-electron chi connectivity index (χ1n) is 15.0. The van der Waals surface area contributed by atoms with Crippen LogP contribution in [0.15, 0.2) is 11.6 Å². The van der Waals surface area contributed by atoms with E-state index in [-0.39, 0.29) is 16.4 Å². The molecular weight excluding hydrogens is 468 g/mol. The lowest BCUT2D eigenvalue weighted by atomic mass is 9.47. The zero-order valence-electron chi connectivity index (χ0n) is 23.7. The maximum Gasteiger partial charge on any atom is 0.207 e. The Kier molecular flexibility index (Phi) is 8.85. The summed E-state index contributed by atoms with van der Waals surface area (Å²) in [5.41, 5.74) is 2.61. The summed E-state index contributed by atoms with van der Waals surface area (Å²) >= 11 is 7.95. The summed E-state index contributed by atoms with van der Waals surface area (Å²) in [5, 5.41) is 0.268. The third-order valence-electron chi connectivity index (χ3n) is 11.4. The minimum atomic E-state index is -0.350. The summed E-state index contributed by atoms with van der Waals surface area (Å²) in [6, 6.07) is 0. The third kappa shape index (κ3) is 5.46. The minimum Gasteiger partial charge on any atom is -0.286 e. The largest absolute Gasteiger partial charge is 0.286 e. The summed E-state index contributed by atoms with van der Waals surface area (Å²) in [7, 11) is 0.